The second kappa shape index (κ2) is 12.2. The fourth-order valence-electron chi connectivity index (χ4n) is 3.84. The number of benzene rings is 4. The number of fused-ring (bicyclic) bond motifs is 1. The predicted molar refractivity (Wildman–Crippen MR) is 151 cm³/mol. The molecular weight excluding hydrogens is 550 g/mol. The monoisotopic (exact) mass is 571 g/mol. The van der Waals surface area contributed by atoms with Crippen LogP contribution in [-0.4, -0.2) is 37.9 Å². The van der Waals surface area contributed by atoms with Gasteiger partial charge in [0.2, 0.25) is 6.79 Å². The summed E-state index contributed by atoms with van der Waals surface area (Å²) in [5.41, 5.74) is 4.32. The number of nitrogens with zero attached hydrogens (tertiary/aromatic N) is 1. The van der Waals surface area contributed by atoms with E-state index in [9.17, 15) is 14.4 Å². The number of hydrogen-bond donors (Lipinski definition) is 2. The van der Waals surface area contributed by atoms with Crippen molar-refractivity contribution in [2.45, 2.75) is 0 Å². The van der Waals surface area contributed by atoms with Crippen LogP contribution in [0.1, 0.15) is 36.6 Å². The van der Waals surface area contributed by atoms with Crippen LogP contribution in [0.4, 0.5) is 5.69 Å². The van der Waals surface area contributed by atoms with Gasteiger partial charge in [0.1, 0.15) is 0 Å². The summed E-state index contributed by atoms with van der Waals surface area (Å²) in [5, 5.41) is 7.04. The number of anilines is 1. The van der Waals surface area contributed by atoms with Gasteiger partial charge >= 0.3 is 5.97 Å². The first kappa shape index (κ1) is 27.2. The van der Waals surface area contributed by atoms with Crippen LogP contribution in [0.2, 0.25) is 5.02 Å². The van der Waals surface area contributed by atoms with E-state index in [1.165, 1.54) is 19.4 Å². The average Bonchev–Trinajstić information content (AvgIpc) is 3.46. The smallest absolute Gasteiger partial charge is 0.343 e. The first-order valence-corrected chi connectivity index (χ1v) is 12.6. The Kier molecular flexibility index (Phi) is 8.12. The third-order valence-corrected chi connectivity index (χ3v) is 6.21. The summed E-state index contributed by atoms with van der Waals surface area (Å²) < 4.78 is 21.4. The number of amides is 2. The molecule has 0 aliphatic carbocycles. The second-order valence-corrected chi connectivity index (χ2v) is 8.99. The molecule has 1 aliphatic heterocycles. The highest BCUT2D eigenvalue weighted by Gasteiger charge is 2.19. The van der Waals surface area contributed by atoms with Crippen molar-refractivity contribution in [3.8, 4) is 23.0 Å². The number of nitrogens with one attached hydrogen (secondary N) is 2. The molecule has 0 saturated carbocycles. The van der Waals surface area contributed by atoms with Crippen molar-refractivity contribution in [1.29, 1.82) is 0 Å². The van der Waals surface area contributed by atoms with Gasteiger partial charge in [-0.15, -0.1) is 0 Å². The van der Waals surface area contributed by atoms with Gasteiger partial charge in [-0.2, -0.15) is 5.10 Å². The lowest BCUT2D eigenvalue weighted by molar-refractivity contribution is 0.0728. The lowest BCUT2D eigenvalue weighted by atomic mass is 10.1. The molecule has 10 nitrogen and oxygen atoms in total. The van der Waals surface area contributed by atoms with Gasteiger partial charge < -0.3 is 24.3 Å². The Morgan fingerprint density at radius 3 is 2.51 bits per heavy atom. The summed E-state index contributed by atoms with van der Waals surface area (Å²) in [7, 11) is 1.44. The van der Waals surface area contributed by atoms with E-state index >= 15 is 0 Å². The molecule has 0 bridgehead atoms. The van der Waals surface area contributed by atoms with Crippen LogP contribution in [0.15, 0.2) is 90.0 Å². The van der Waals surface area contributed by atoms with Gasteiger partial charge in [0, 0.05) is 11.3 Å². The highest BCUT2D eigenvalue weighted by molar-refractivity contribution is 6.34. The summed E-state index contributed by atoms with van der Waals surface area (Å²) >= 11 is 6.09. The molecule has 1 aliphatic rings. The molecule has 2 N–H and O–H groups in total. The van der Waals surface area contributed by atoms with E-state index in [2.05, 4.69) is 15.8 Å². The Bertz CT molecular complexity index is 1670. The van der Waals surface area contributed by atoms with E-state index in [-0.39, 0.29) is 29.4 Å². The van der Waals surface area contributed by atoms with E-state index in [4.69, 9.17) is 30.5 Å². The summed E-state index contributed by atoms with van der Waals surface area (Å²) in [6.07, 6.45) is 1.41. The number of rotatable bonds is 8. The molecule has 0 fully saturated rings. The van der Waals surface area contributed by atoms with Gasteiger partial charge in [-0.25, -0.2) is 10.2 Å². The molecule has 4 aromatic carbocycles. The Morgan fingerprint density at radius 2 is 1.68 bits per heavy atom. The molecule has 2 amide bonds. The van der Waals surface area contributed by atoms with Gasteiger partial charge in [-0.05, 0) is 72.3 Å². The third kappa shape index (κ3) is 6.45. The van der Waals surface area contributed by atoms with Crippen LogP contribution in [0.5, 0.6) is 23.0 Å². The lowest BCUT2D eigenvalue weighted by Crippen LogP contribution is -2.18. The van der Waals surface area contributed by atoms with Crippen molar-refractivity contribution < 1.29 is 33.3 Å². The largest absolute Gasteiger partial charge is 0.493 e. The minimum absolute atomic E-state index is 0.0974. The SMILES string of the molecule is COc1cc(C=NNC(=O)c2cccc(NC(=O)c3ccccc3Cl)c2)ccc1OC(=O)c1ccc2c(c1)OCO2. The number of hydrazone groups is 1. The summed E-state index contributed by atoms with van der Waals surface area (Å²) in [5.74, 6) is 0.0294. The Balaban J connectivity index is 1.20. The second-order valence-electron chi connectivity index (χ2n) is 8.58. The number of esters is 1. The molecule has 4 aromatic rings. The van der Waals surface area contributed by atoms with Crippen LogP contribution in [-0.2, 0) is 0 Å². The molecule has 5 rings (SSSR count). The summed E-state index contributed by atoms with van der Waals surface area (Å²) in [6, 6.07) is 22.6. The molecule has 0 aromatic heterocycles. The van der Waals surface area contributed by atoms with Gasteiger partial charge in [0.25, 0.3) is 11.8 Å². The summed E-state index contributed by atoms with van der Waals surface area (Å²) in [4.78, 5) is 37.8. The first-order chi connectivity index (χ1) is 19.9. The zero-order chi connectivity index (χ0) is 28.8. The van der Waals surface area contributed by atoms with Crippen LogP contribution in [0.25, 0.3) is 0 Å². The molecule has 206 valence electrons. The molecule has 0 saturated heterocycles. The maximum atomic E-state index is 12.6. The molecule has 0 unspecified atom stereocenters. The highest BCUT2D eigenvalue weighted by atomic mass is 35.5. The maximum absolute atomic E-state index is 12.6. The van der Waals surface area contributed by atoms with Crippen molar-refractivity contribution in [3.05, 3.63) is 112 Å². The van der Waals surface area contributed by atoms with Gasteiger partial charge in [0.15, 0.2) is 23.0 Å². The standard InChI is InChI=1S/C30H22ClN3O7/c1-38-26-13-18(9-11-25(26)41-30(37)20-10-12-24-27(15-20)40-17-39-24)16-32-34-28(35)19-5-4-6-21(14-19)33-29(36)22-7-2-3-8-23(22)31/h2-16H,17H2,1H3,(H,33,36)(H,34,35). The Labute approximate surface area is 239 Å². The number of halogens is 1. The van der Waals surface area contributed by atoms with E-state index in [1.54, 1.807) is 78.9 Å². The third-order valence-electron chi connectivity index (χ3n) is 5.88. The van der Waals surface area contributed by atoms with E-state index in [1.807, 2.05) is 0 Å². The molecule has 41 heavy (non-hydrogen) atoms. The minimum atomic E-state index is -0.597. The zero-order valence-corrected chi connectivity index (χ0v) is 22.3. The number of carbonyl (C=O) groups excluding carboxylic acids is 3. The van der Waals surface area contributed by atoms with E-state index in [0.29, 0.717) is 33.3 Å². The van der Waals surface area contributed by atoms with Crippen molar-refractivity contribution in [1.82, 2.24) is 5.43 Å². The fraction of sp³-hybridized carbons (Fsp3) is 0.0667. The van der Waals surface area contributed by atoms with Crippen LogP contribution in [0.3, 0.4) is 0 Å². The molecule has 1 heterocycles. The summed E-state index contributed by atoms with van der Waals surface area (Å²) in [6.45, 7) is 0.0974. The Morgan fingerprint density at radius 1 is 0.854 bits per heavy atom. The number of carbonyl (C=O) groups is 3. The Hall–Kier alpha value is -5.35. The zero-order valence-electron chi connectivity index (χ0n) is 21.6. The molecule has 0 radical (unpaired) electrons. The minimum Gasteiger partial charge on any atom is -0.493 e. The molecular formula is C30H22ClN3O7. The van der Waals surface area contributed by atoms with Gasteiger partial charge in [0.05, 0.1) is 29.5 Å². The highest BCUT2D eigenvalue weighted by Crippen LogP contribution is 2.34. The van der Waals surface area contributed by atoms with Crippen molar-refractivity contribution in [3.63, 3.8) is 0 Å². The van der Waals surface area contributed by atoms with Crippen molar-refractivity contribution >= 4 is 41.3 Å². The van der Waals surface area contributed by atoms with Crippen molar-refractivity contribution in [2.24, 2.45) is 5.10 Å². The number of methoxy groups -OCH3 is 1. The number of ether oxygens (including phenoxy) is 4. The lowest BCUT2D eigenvalue weighted by Gasteiger charge is -2.10. The van der Waals surface area contributed by atoms with E-state index < -0.39 is 17.8 Å². The molecule has 0 spiro atoms. The maximum Gasteiger partial charge on any atom is 0.343 e. The first-order valence-electron chi connectivity index (χ1n) is 12.2. The average molecular weight is 572 g/mol. The quantitative estimate of drug-likeness (QED) is 0.127. The topological polar surface area (TPSA) is 125 Å². The van der Waals surface area contributed by atoms with Gasteiger partial charge in [-0.3, -0.25) is 9.59 Å². The van der Waals surface area contributed by atoms with E-state index in [0.717, 1.165) is 0 Å². The number of hydrogen-bond acceptors (Lipinski definition) is 8. The van der Waals surface area contributed by atoms with Crippen LogP contribution >= 0.6 is 11.6 Å². The van der Waals surface area contributed by atoms with Crippen molar-refractivity contribution in [2.75, 3.05) is 19.2 Å². The van der Waals surface area contributed by atoms with Gasteiger partial charge in [-0.1, -0.05) is 29.8 Å². The predicted octanol–water partition coefficient (Wildman–Crippen LogP) is 5.31. The molecule has 11 heteroatoms. The molecule has 0 atom stereocenters. The normalized spacial score (nSPS) is 11.7. The van der Waals surface area contributed by atoms with Crippen LogP contribution < -0.4 is 29.7 Å². The van der Waals surface area contributed by atoms with Crippen LogP contribution in [0, 0.1) is 0 Å². The fourth-order valence-corrected chi connectivity index (χ4v) is 4.06.